The predicted octanol–water partition coefficient (Wildman–Crippen LogP) is 0.548. The van der Waals surface area contributed by atoms with E-state index in [1.807, 2.05) is 32.0 Å². The minimum absolute atomic E-state index is 0.485. The van der Waals surface area contributed by atoms with Crippen molar-refractivity contribution in [1.29, 1.82) is 0 Å². The van der Waals surface area contributed by atoms with Gasteiger partial charge in [0.1, 0.15) is 0 Å². The molecule has 84 valence electrons. The number of hydrogen-bond acceptors (Lipinski definition) is 3. The third kappa shape index (κ3) is 3.24. The summed E-state index contributed by atoms with van der Waals surface area (Å²) in [5, 5.41) is 12.7. The molecule has 0 spiro atoms. The summed E-state index contributed by atoms with van der Waals surface area (Å²) in [5.41, 5.74) is 2.56. The van der Waals surface area contributed by atoms with Gasteiger partial charge in [-0.15, -0.1) is 0 Å². The Hall–Kier alpha value is -2.10. The Morgan fingerprint density at radius 3 is 2.25 bits per heavy atom. The standard InChI is InChI=1S/C12H13NO3/c1-8-4-3-5-9(2)12(8)13-10(14)6-7-11(15)16/h3-7H,1-2H3,(H,13,14)(H,15,16)/p-1. The van der Waals surface area contributed by atoms with Gasteiger partial charge in [0, 0.05) is 11.8 Å². The fourth-order valence-electron chi connectivity index (χ4n) is 1.32. The smallest absolute Gasteiger partial charge is 0.248 e. The van der Waals surface area contributed by atoms with E-state index in [0.29, 0.717) is 11.8 Å². The first-order valence-corrected chi connectivity index (χ1v) is 4.77. The number of carbonyl (C=O) groups excluding carboxylic acids is 2. The molecule has 0 saturated carbocycles. The summed E-state index contributed by atoms with van der Waals surface area (Å²) in [6.45, 7) is 3.73. The van der Waals surface area contributed by atoms with Crippen molar-refractivity contribution in [2.24, 2.45) is 0 Å². The topological polar surface area (TPSA) is 69.2 Å². The van der Waals surface area contributed by atoms with Crippen LogP contribution in [0.2, 0.25) is 0 Å². The van der Waals surface area contributed by atoms with E-state index < -0.39 is 11.9 Å². The summed E-state index contributed by atoms with van der Waals surface area (Å²) < 4.78 is 0. The van der Waals surface area contributed by atoms with Gasteiger partial charge in [0.15, 0.2) is 0 Å². The molecule has 0 atom stereocenters. The van der Waals surface area contributed by atoms with Crippen LogP contribution < -0.4 is 10.4 Å². The lowest BCUT2D eigenvalue weighted by Crippen LogP contribution is -2.20. The van der Waals surface area contributed by atoms with E-state index in [-0.39, 0.29) is 0 Å². The van der Waals surface area contributed by atoms with Crippen LogP contribution in [-0.4, -0.2) is 11.9 Å². The molecule has 0 aliphatic carbocycles. The van der Waals surface area contributed by atoms with Crippen LogP contribution in [0.4, 0.5) is 5.69 Å². The first kappa shape index (κ1) is 12.0. The molecule has 0 unspecified atom stereocenters. The van der Waals surface area contributed by atoms with Crippen LogP contribution in [-0.2, 0) is 9.59 Å². The highest BCUT2D eigenvalue weighted by atomic mass is 16.4. The number of carboxylic acid groups (broad SMARTS) is 1. The van der Waals surface area contributed by atoms with Crippen molar-refractivity contribution in [3.8, 4) is 0 Å². The summed E-state index contributed by atoms with van der Waals surface area (Å²) in [7, 11) is 0. The van der Waals surface area contributed by atoms with E-state index in [0.717, 1.165) is 17.2 Å². The van der Waals surface area contributed by atoms with Crippen LogP contribution in [0.15, 0.2) is 30.4 Å². The van der Waals surface area contributed by atoms with Crippen molar-refractivity contribution in [2.75, 3.05) is 5.32 Å². The Labute approximate surface area is 93.6 Å². The van der Waals surface area contributed by atoms with E-state index in [2.05, 4.69) is 5.32 Å². The summed E-state index contributed by atoms with van der Waals surface area (Å²) in [6.07, 6.45) is 1.63. The average molecular weight is 218 g/mol. The van der Waals surface area contributed by atoms with Crippen molar-refractivity contribution in [3.63, 3.8) is 0 Å². The first-order valence-electron chi connectivity index (χ1n) is 4.77. The van der Waals surface area contributed by atoms with Crippen molar-refractivity contribution in [2.45, 2.75) is 13.8 Å². The van der Waals surface area contributed by atoms with Crippen LogP contribution in [0, 0.1) is 13.8 Å². The fraction of sp³-hybridized carbons (Fsp3) is 0.167. The van der Waals surface area contributed by atoms with Gasteiger partial charge in [0.25, 0.3) is 0 Å². The summed E-state index contributed by atoms with van der Waals surface area (Å²) >= 11 is 0. The lowest BCUT2D eigenvalue weighted by atomic mass is 10.1. The Kier molecular flexibility index (Phi) is 3.83. The van der Waals surface area contributed by atoms with Crippen molar-refractivity contribution in [3.05, 3.63) is 41.5 Å². The lowest BCUT2D eigenvalue weighted by Gasteiger charge is -2.09. The number of carboxylic acids is 1. The molecule has 0 aliphatic rings. The van der Waals surface area contributed by atoms with Gasteiger partial charge in [-0.2, -0.15) is 0 Å². The van der Waals surface area contributed by atoms with E-state index in [1.54, 1.807) is 0 Å². The van der Waals surface area contributed by atoms with Crippen LogP contribution in [0.25, 0.3) is 0 Å². The number of rotatable bonds is 3. The average Bonchev–Trinajstić information content (AvgIpc) is 2.21. The fourth-order valence-corrected chi connectivity index (χ4v) is 1.32. The van der Waals surface area contributed by atoms with Crippen LogP contribution >= 0.6 is 0 Å². The Balaban J connectivity index is 2.81. The maximum absolute atomic E-state index is 11.3. The Morgan fingerprint density at radius 1 is 1.19 bits per heavy atom. The second kappa shape index (κ2) is 5.11. The molecule has 16 heavy (non-hydrogen) atoms. The van der Waals surface area contributed by atoms with E-state index in [9.17, 15) is 14.7 Å². The number of benzene rings is 1. The van der Waals surface area contributed by atoms with Crippen LogP contribution in [0.1, 0.15) is 11.1 Å². The van der Waals surface area contributed by atoms with E-state index in [1.165, 1.54) is 0 Å². The quantitative estimate of drug-likeness (QED) is 0.753. The molecule has 0 aromatic heterocycles. The van der Waals surface area contributed by atoms with Crippen molar-refractivity contribution < 1.29 is 14.7 Å². The number of aryl methyl sites for hydroxylation is 2. The molecule has 0 fully saturated rings. The molecule has 0 saturated heterocycles. The summed E-state index contributed by atoms with van der Waals surface area (Å²) in [4.78, 5) is 21.4. The second-order valence-electron chi connectivity index (χ2n) is 3.41. The second-order valence-corrected chi connectivity index (χ2v) is 3.41. The predicted molar refractivity (Wildman–Crippen MR) is 58.7 cm³/mol. The van der Waals surface area contributed by atoms with Crippen LogP contribution in [0.5, 0.6) is 0 Å². The Bertz CT molecular complexity index is 429. The van der Waals surface area contributed by atoms with Gasteiger partial charge in [-0.05, 0) is 31.1 Å². The molecule has 1 rings (SSSR count). The minimum atomic E-state index is -1.39. The molecule has 4 nitrogen and oxygen atoms in total. The van der Waals surface area contributed by atoms with E-state index in [4.69, 9.17) is 0 Å². The number of aliphatic carboxylic acids is 1. The number of hydrogen-bond donors (Lipinski definition) is 1. The molecular weight excluding hydrogens is 206 g/mol. The highest BCUT2D eigenvalue weighted by molar-refractivity contribution is 6.02. The van der Waals surface area contributed by atoms with Gasteiger partial charge in [0.05, 0.1) is 5.97 Å². The zero-order valence-electron chi connectivity index (χ0n) is 9.11. The van der Waals surface area contributed by atoms with Gasteiger partial charge < -0.3 is 15.2 Å². The molecule has 1 N–H and O–H groups in total. The normalized spacial score (nSPS) is 10.4. The molecule has 1 aromatic carbocycles. The monoisotopic (exact) mass is 218 g/mol. The van der Waals surface area contributed by atoms with Crippen molar-refractivity contribution in [1.82, 2.24) is 0 Å². The number of para-hydroxylation sites is 1. The maximum atomic E-state index is 11.3. The molecule has 1 aromatic rings. The number of carbonyl (C=O) groups is 2. The Morgan fingerprint density at radius 2 is 1.75 bits per heavy atom. The lowest BCUT2D eigenvalue weighted by molar-refractivity contribution is -0.297. The molecule has 4 heteroatoms. The van der Waals surface area contributed by atoms with Gasteiger partial charge in [-0.25, -0.2) is 0 Å². The highest BCUT2D eigenvalue weighted by Crippen LogP contribution is 2.19. The molecule has 0 bridgehead atoms. The highest BCUT2D eigenvalue weighted by Gasteiger charge is 2.03. The SMILES string of the molecule is Cc1cccc(C)c1NC(=O)C=CC(=O)[O-]. The van der Waals surface area contributed by atoms with Gasteiger partial charge in [0.2, 0.25) is 5.91 Å². The maximum Gasteiger partial charge on any atom is 0.248 e. The third-order valence-corrected chi connectivity index (χ3v) is 2.10. The largest absolute Gasteiger partial charge is 0.545 e. The molecule has 1 amide bonds. The zero-order chi connectivity index (χ0) is 12.1. The number of amides is 1. The molecule has 0 aliphatic heterocycles. The van der Waals surface area contributed by atoms with Gasteiger partial charge >= 0.3 is 0 Å². The molecule has 0 radical (unpaired) electrons. The van der Waals surface area contributed by atoms with Gasteiger partial charge in [-0.3, -0.25) is 4.79 Å². The zero-order valence-corrected chi connectivity index (χ0v) is 9.11. The minimum Gasteiger partial charge on any atom is -0.545 e. The van der Waals surface area contributed by atoms with Crippen molar-refractivity contribution >= 4 is 17.6 Å². The summed E-state index contributed by atoms with van der Waals surface area (Å²) in [5.74, 6) is -1.88. The molecular formula is C12H12NO3-. The number of anilines is 1. The summed E-state index contributed by atoms with van der Waals surface area (Å²) in [6, 6.07) is 5.62. The first-order chi connectivity index (χ1) is 7.50. The molecule has 0 heterocycles. The number of nitrogens with one attached hydrogen (secondary N) is 1. The third-order valence-electron chi connectivity index (χ3n) is 2.10. The van der Waals surface area contributed by atoms with Crippen LogP contribution in [0.3, 0.4) is 0 Å². The van der Waals surface area contributed by atoms with Gasteiger partial charge in [-0.1, -0.05) is 18.2 Å². The van der Waals surface area contributed by atoms with E-state index >= 15 is 0 Å².